The predicted octanol–water partition coefficient (Wildman–Crippen LogP) is 4.86. The highest BCUT2D eigenvalue weighted by atomic mass is 79.9. The standard InChI is InChI=1S/C21H16BrClN2O4/c22-16-5-6-20(29-12-13-3-1-2-4-19(13)23)15(7-16)11-24-25-21(28)14-8-17(26)10-18(27)9-14/h1-11,26-27H,12H2,(H,25,28)/b24-11-. The van der Waals surface area contributed by atoms with E-state index in [1.807, 2.05) is 24.3 Å². The Morgan fingerprint density at radius 1 is 1.10 bits per heavy atom. The smallest absolute Gasteiger partial charge is 0.271 e. The number of carbonyl (C=O) groups is 1. The summed E-state index contributed by atoms with van der Waals surface area (Å²) in [7, 11) is 0. The minimum Gasteiger partial charge on any atom is -0.508 e. The molecule has 29 heavy (non-hydrogen) atoms. The number of nitrogens with zero attached hydrogens (tertiary/aromatic N) is 1. The molecule has 0 spiro atoms. The molecule has 0 atom stereocenters. The Kier molecular flexibility index (Phi) is 6.74. The second kappa shape index (κ2) is 9.45. The first-order valence-corrected chi connectivity index (χ1v) is 9.61. The Labute approximate surface area is 180 Å². The third-order valence-electron chi connectivity index (χ3n) is 3.85. The van der Waals surface area contributed by atoms with Gasteiger partial charge in [-0.1, -0.05) is 45.7 Å². The van der Waals surface area contributed by atoms with Gasteiger partial charge in [-0.15, -0.1) is 0 Å². The molecule has 0 aromatic heterocycles. The zero-order valence-electron chi connectivity index (χ0n) is 15.0. The van der Waals surface area contributed by atoms with Gasteiger partial charge < -0.3 is 14.9 Å². The number of amides is 1. The van der Waals surface area contributed by atoms with Crippen molar-refractivity contribution in [1.82, 2.24) is 5.43 Å². The molecule has 148 valence electrons. The Bertz CT molecular complexity index is 1050. The Hall–Kier alpha value is -3.03. The van der Waals surface area contributed by atoms with Crippen LogP contribution in [0.1, 0.15) is 21.5 Å². The zero-order chi connectivity index (χ0) is 20.8. The maximum atomic E-state index is 12.1. The summed E-state index contributed by atoms with van der Waals surface area (Å²) >= 11 is 9.55. The molecule has 0 fully saturated rings. The van der Waals surface area contributed by atoms with Gasteiger partial charge in [0.2, 0.25) is 0 Å². The first-order chi connectivity index (χ1) is 13.9. The van der Waals surface area contributed by atoms with Crippen molar-refractivity contribution in [3.8, 4) is 17.2 Å². The van der Waals surface area contributed by atoms with Crippen molar-refractivity contribution in [3.63, 3.8) is 0 Å². The number of ether oxygens (including phenoxy) is 1. The van der Waals surface area contributed by atoms with E-state index in [-0.39, 0.29) is 23.7 Å². The minimum absolute atomic E-state index is 0.0732. The van der Waals surface area contributed by atoms with Crippen LogP contribution in [-0.2, 0) is 6.61 Å². The summed E-state index contributed by atoms with van der Waals surface area (Å²) in [5.74, 6) is -0.468. The molecular weight excluding hydrogens is 460 g/mol. The second-order valence-corrected chi connectivity index (χ2v) is 7.32. The fourth-order valence-electron chi connectivity index (χ4n) is 2.47. The van der Waals surface area contributed by atoms with E-state index < -0.39 is 5.91 Å². The van der Waals surface area contributed by atoms with Crippen molar-refractivity contribution in [1.29, 1.82) is 0 Å². The highest BCUT2D eigenvalue weighted by Gasteiger charge is 2.09. The molecule has 0 aliphatic carbocycles. The summed E-state index contributed by atoms with van der Waals surface area (Å²) in [6.45, 7) is 0.275. The van der Waals surface area contributed by atoms with E-state index in [4.69, 9.17) is 16.3 Å². The molecule has 0 heterocycles. The lowest BCUT2D eigenvalue weighted by molar-refractivity contribution is 0.0954. The van der Waals surface area contributed by atoms with Gasteiger partial charge in [-0.25, -0.2) is 5.43 Å². The number of benzene rings is 3. The molecule has 0 aliphatic heterocycles. The average Bonchev–Trinajstić information content (AvgIpc) is 2.67. The molecule has 0 radical (unpaired) electrons. The van der Waals surface area contributed by atoms with Crippen molar-refractivity contribution in [3.05, 3.63) is 86.8 Å². The van der Waals surface area contributed by atoms with Crippen molar-refractivity contribution < 1.29 is 19.7 Å². The third kappa shape index (κ3) is 5.73. The van der Waals surface area contributed by atoms with Crippen molar-refractivity contribution in [2.45, 2.75) is 6.61 Å². The van der Waals surface area contributed by atoms with E-state index >= 15 is 0 Å². The highest BCUT2D eigenvalue weighted by Crippen LogP contribution is 2.24. The van der Waals surface area contributed by atoms with Gasteiger partial charge in [0.1, 0.15) is 23.9 Å². The largest absolute Gasteiger partial charge is 0.508 e. The Morgan fingerprint density at radius 2 is 1.83 bits per heavy atom. The van der Waals surface area contributed by atoms with Crippen LogP contribution in [0.3, 0.4) is 0 Å². The maximum absolute atomic E-state index is 12.1. The number of nitrogens with one attached hydrogen (secondary N) is 1. The van der Waals surface area contributed by atoms with Gasteiger partial charge in [0.25, 0.3) is 5.91 Å². The summed E-state index contributed by atoms with van der Waals surface area (Å²) in [5.41, 5.74) is 3.90. The molecule has 6 nitrogen and oxygen atoms in total. The lowest BCUT2D eigenvalue weighted by Gasteiger charge is -2.10. The first-order valence-electron chi connectivity index (χ1n) is 8.44. The highest BCUT2D eigenvalue weighted by molar-refractivity contribution is 9.10. The predicted molar refractivity (Wildman–Crippen MR) is 115 cm³/mol. The number of rotatable bonds is 6. The summed E-state index contributed by atoms with van der Waals surface area (Å²) in [6, 6.07) is 16.4. The van der Waals surface area contributed by atoms with E-state index in [0.29, 0.717) is 16.3 Å². The maximum Gasteiger partial charge on any atom is 0.271 e. The number of hydrazone groups is 1. The quantitative estimate of drug-likeness (QED) is 0.351. The van der Waals surface area contributed by atoms with Crippen molar-refractivity contribution in [2.75, 3.05) is 0 Å². The van der Waals surface area contributed by atoms with Crippen LogP contribution in [0, 0.1) is 0 Å². The van der Waals surface area contributed by atoms with E-state index in [1.54, 1.807) is 18.2 Å². The monoisotopic (exact) mass is 474 g/mol. The van der Waals surface area contributed by atoms with Gasteiger partial charge in [-0.3, -0.25) is 4.79 Å². The molecule has 3 N–H and O–H groups in total. The minimum atomic E-state index is -0.582. The van der Waals surface area contributed by atoms with E-state index in [1.165, 1.54) is 18.3 Å². The third-order valence-corrected chi connectivity index (χ3v) is 4.71. The molecule has 3 aromatic rings. The van der Waals surface area contributed by atoms with Crippen molar-refractivity contribution in [2.24, 2.45) is 5.10 Å². The van der Waals surface area contributed by atoms with Gasteiger partial charge >= 0.3 is 0 Å². The second-order valence-electron chi connectivity index (χ2n) is 6.00. The summed E-state index contributed by atoms with van der Waals surface area (Å²) in [4.78, 5) is 12.1. The van der Waals surface area contributed by atoms with Crippen LogP contribution >= 0.6 is 27.5 Å². The van der Waals surface area contributed by atoms with Gasteiger partial charge in [0, 0.05) is 32.3 Å². The number of carbonyl (C=O) groups excluding carboxylic acids is 1. The molecule has 8 heteroatoms. The van der Waals surface area contributed by atoms with Crippen LogP contribution < -0.4 is 10.2 Å². The normalized spacial score (nSPS) is 10.8. The van der Waals surface area contributed by atoms with E-state index in [9.17, 15) is 15.0 Å². The lowest BCUT2D eigenvalue weighted by atomic mass is 10.2. The number of aromatic hydroxyl groups is 2. The average molecular weight is 476 g/mol. The first kappa shape index (κ1) is 20.7. The summed E-state index contributed by atoms with van der Waals surface area (Å²) in [5, 5.41) is 23.5. The van der Waals surface area contributed by atoms with Crippen LogP contribution in [0.2, 0.25) is 5.02 Å². The number of phenols is 2. The topological polar surface area (TPSA) is 91.2 Å². The molecule has 0 saturated carbocycles. The van der Waals surface area contributed by atoms with Gasteiger partial charge in [0.05, 0.1) is 6.21 Å². The van der Waals surface area contributed by atoms with Gasteiger partial charge in [-0.2, -0.15) is 5.10 Å². The molecular formula is C21H16BrClN2O4. The van der Waals surface area contributed by atoms with Gasteiger partial charge in [-0.05, 0) is 36.4 Å². The Balaban J connectivity index is 1.72. The Morgan fingerprint density at radius 3 is 2.55 bits per heavy atom. The van der Waals surface area contributed by atoms with Crippen LogP contribution in [0.5, 0.6) is 17.2 Å². The lowest BCUT2D eigenvalue weighted by Crippen LogP contribution is -2.17. The molecule has 0 bridgehead atoms. The van der Waals surface area contributed by atoms with Crippen LogP contribution in [0.4, 0.5) is 0 Å². The molecule has 3 aromatic carbocycles. The molecule has 0 saturated heterocycles. The van der Waals surface area contributed by atoms with Crippen molar-refractivity contribution >= 4 is 39.7 Å². The molecule has 3 rings (SSSR count). The number of halogens is 2. The van der Waals surface area contributed by atoms with Crippen LogP contribution in [-0.4, -0.2) is 22.3 Å². The van der Waals surface area contributed by atoms with Gasteiger partial charge in [0.15, 0.2) is 0 Å². The SMILES string of the molecule is O=C(N/N=C\c1cc(Br)ccc1OCc1ccccc1Cl)c1cc(O)cc(O)c1. The van der Waals surface area contributed by atoms with E-state index in [2.05, 4.69) is 26.5 Å². The fourth-order valence-corrected chi connectivity index (χ4v) is 3.04. The molecule has 0 aliphatic rings. The number of phenolic OH excluding ortho intramolecular Hbond substituents is 2. The zero-order valence-corrected chi connectivity index (χ0v) is 17.3. The van der Waals surface area contributed by atoms with Crippen LogP contribution in [0.25, 0.3) is 0 Å². The number of hydrogen-bond donors (Lipinski definition) is 3. The summed E-state index contributed by atoms with van der Waals surface area (Å²) < 4.78 is 6.67. The number of hydrogen-bond acceptors (Lipinski definition) is 5. The summed E-state index contributed by atoms with van der Waals surface area (Å²) in [6.07, 6.45) is 1.44. The molecule has 1 amide bonds. The van der Waals surface area contributed by atoms with Crippen LogP contribution in [0.15, 0.2) is 70.2 Å². The molecule has 0 unspecified atom stereocenters. The van der Waals surface area contributed by atoms with E-state index in [0.717, 1.165) is 16.1 Å². The fraction of sp³-hybridized carbons (Fsp3) is 0.0476.